The molecule has 0 atom stereocenters. The Labute approximate surface area is 148 Å². The quantitative estimate of drug-likeness (QED) is 0.696. The van der Waals surface area contributed by atoms with E-state index in [1.165, 1.54) is 0 Å². The monoisotopic (exact) mass is 382 g/mol. The number of nitrogens with zero attached hydrogens (tertiary/aromatic N) is 2. The first-order valence-electron chi connectivity index (χ1n) is 7.35. The summed E-state index contributed by atoms with van der Waals surface area (Å²) >= 11 is 3.37. The average molecular weight is 383 g/mol. The van der Waals surface area contributed by atoms with Gasteiger partial charge in [-0.2, -0.15) is 0 Å². The zero-order valence-corrected chi connectivity index (χ0v) is 14.3. The van der Waals surface area contributed by atoms with Gasteiger partial charge in [0.2, 0.25) is 0 Å². The Balaban J connectivity index is 1.65. The predicted molar refractivity (Wildman–Crippen MR) is 97.9 cm³/mol. The third-order valence-corrected chi connectivity index (χ3v) is 3.88. The lowest BCUT2D eigenvalue weighted by atomic mass is 10.2. The molecule has 0 spiro atoms. The number of pyridine rings is 2. The Bertz CT molecular complexity index is 822. The predicted octanol–water partition coefficient (Wildman–Crippen LogP) is 4.10. The molecule has 0 aliphatic carbocycles. The molecule has 24 heavy (non-hydrogen) atoms. The molecule has 0 radical (unpaired) electrons. The SMILES string of the molecule is O=C(Nc1ccc(Br)cc1)c1cncc(NCc2ccncc2)c1. The van der Waals surface area contributed by atoms with Crippen molar-refractivity contribution in [2.45, 2.75) is 6.54 Å². The lowest BCUT2D eigenvalue weighted by molar-refractivity contribution is 0.102. The molecule has 3 rings (SSSR count). The summed E-state index contributed by atoms with van der Waals surface area (Å²) in [4.78, 5) is 20.4. The summed E-state index contributed by atoms with van der Waals surface area (Å²) in [6.45, 7) is 0.641. The molecule has 2 heterocycles. The second kappa shape index (κ2) is 7.70. The van der Waals surface area contributed by atoms with Crippen LogP contribution in [0.5, 0.6) is 0 Å². The van der Waals surface area contributed by atoms with Crippen LogP contribution >= 0.6 is 15.9 Å². The van der Waals surface area contributed by atoms with Crippen LogP contribution in [-0.2, 0) is 6.54 Å². The molecule has 0 unspecified atom stereocenters. The van der Waals surface area contributed by atoms with Crippen molar-refractivity contribution in [1.82, 2.24) is 9.97 Å². The van der Waals surface area contributed by atoms with Gasteiger partial charge in [-0.05, 0) is 48.0 Å². The Hall–Kier alpha value is -2.73. The van der Waals surface area contributed by atoms with Crippen molar-refractivity contribution in [2.75, 3.05) is 10.6 Å². The summed E-state index contributed by atoms with van der Waals surface area (Å²) in [7, 11) is 0. The number of carbonyl (C=O) groups is 1. The van der Waals surface area contributed by atoms with Crippen molar-refractivity contribution in [1.29, 1.82) is 0 Å². The van der Waals surface area contributed by atoms with Crippen LogP contribution in [0.2, 0.25) is 0 Å². The van der Waals surface area contributed by atoms with Gasteiger partial charge in [-0.25, -0.2) is 0 Å². The van der Waals surface area contributed by atoms with Gasteiger partial charge in [0.15, 0.2) is 0 Å². The minimum Gasteiger partial charge on any atom is -0.380 e. The third-order valence-electron chi connectivity index (χ3n) is 3.35. The molecule has 120 valence electrons. The second-order valence-corrected chi connectivity index (χ2v) is 6.05. The van der Waals surface area contributed by atoms with Crippen LogP contribution in [0.15, 0.2) is 71.7 Å². The molecule has 2 N–H and O–H groups in total. The molecule has 0 saturated heterocycles. The van der Waals surface area contributed by atoms with E-state index in [9.17, 15) is 4.79 Å². The van der Waals surface area contributed by atoms with Crippen LogP contribution in [0.1, 0.15) is 15.9 Å². The molecule has 0 fully saturated rings. The van der Waals surface area contributed by atoms with E-state index in [4.69, 9.17) is 0 Å². The van der Waals surface area contributed by atoms with E-state index in [1.807, 2.05) is 36.4 Å². The van der Waals surface area contributed by atoms with Crippen LogP contribution in [0.3, 0.4) is 0 Å². The molecule has 1 aromatic carbocycles. The van der Waals surface area contributed by atoms with Gasteiger partial charge in [0.05, 0.1) is 11.3 Å². The fourth-order valence-electron chi connectivity index (χ4n) is 2.10. The van der Waals surface area contributed by atoms with E-state index in [2.05, 4.69) is 36.5 Å². The molecule has 0 saturated carbocycles. The Morgan fingerprint density at radius 2 is 1.71 bits per heavy atom. The summed E-state index contributed by atoms with van der Waals surface area (Å²) in [6, 6.07) is 13.1. The number of hydrogen-bond acceptors (Lipinski definition) is 4. The maximum absolute atomic E-state index is 12.3. The summed E-state index contributed by atoms with van der Waals surface area (Å²) in [5.41, 5.74) is 3.13. The van der Waals surface area contributed by atoms with Gasteiger partial charge in [0.1, 0.15) is 0 Å². The van der Waals surface area contributed by atoms with Crippen molar-refractivity contribution in [3.05, 3.63) is 82.9 Å². The van der Waals surface area contributed by atoms with E-state index in [-0.39, 0.29) is 5.91 Å². The van der Waals surface area contributed by atoms with Gasteiger partial charge in [-0.15, -0.1) is 0 Å². The van der Waals surface area contributed by atoms with Crippen molar-refractivity contribution < 1.29 is 4.79 Å². The average Bonchev–Trinajstić information content (AvgIpc) is 2.63. The molecule has 0 aliphatic heterocycles. The van der Waals surface area contributed by atoms with Crippen LogP contribution in [-0.4, -0.2) is 15.9 Å². The van der Waals surface area contributed by atoms with Gasteiger partial charge in [-0.1, -0.05) is 15.9 Å². The van der Waals surface area contributed by atoms with Gasteiger partial charge in [0.25, 0.3) is 5.91 Å². The molecule has 1 amide bonds. The smallest absolute Gasteiger partial charge is 0.257 e. The van der Waals surface area contributed by atoms with Crippen LogP contribution in [0.25, 0.3) is 0 Å². The Morgan fingerprint density at radius 1 is 0.958 bits per heavy atom. The van der Waals surface area contributed by atoms with Gasteiger partial charge in [0, 0.05) is 41.5 Å². The zero-order chi connectivity index (χ0) is 16.8. The number of carbonyl (C=O) groups excluding carboxylic acids is 1. The van der Waals surface area contributed by atoms with E-state index in [1.54, 1.807) is 30.9 Å². The first kappa shape index (κ1) is 16.1. The van der Waals surface area contributed by atoms with Crippen molar-refractivity contribution in [2.24, 2.45) is 0 Å². The van der Waals surface area contributed by atoms with Crippen LogP contribution in [0, 0.1) is 0 Å². The molecular formula is C18H15BrN4O. The summed E-state index contributed by atoms with van der Waals surface area (Å²) in [6.07, 6.45) is 6.73. The van der Waals surface area contributed by atoms with E-state index in [0.29, 0.717) is 12.1 Å². The van der Waals surface area contributed by atoms with E-state index < -0.39 is 0 Å². The lowest BCUT2D eigenvalue weighted by Crippen LogP contribution is -2.12. The normalized spacial score (nSPS) is 10.2. The second-order valence-electron chi connectivity index (χ2n) is 5.13. The minimum absolute atomic E-state index is 0.197. The lowest BCUT2D eigenvalue weighted by Gasteiger charge is -2.09. The summed E-state index contributed by atoms with van der Waals surface area (Å²) in [5.74, 6) is -0.197. The van der Waals surface area contributed by atoms with Gasteiger partial charge >= 0.3 is 0 Å². The highest BCUT2D eigenvalue weighted by atomic mass is 79.9. The number of aromatic nitrogens is 2. The molecule has 3 aromatic rings. The first-order chi connectivity index (χ1) is 11.7. The molecule has 2 aromatic heterocycles. The van der Waals surface area contributed by atoms with Crippen molar-refractivity contribution in [3.8, 4) is 0 Å². The highest BCUT2D eigenvalue weighted by Crippen LogP contribution is 2.16. The molecule has 6 heteroatoms. The number of anilines is 2. The summed E-state index contributed by atoms with van der Waals surface area (Å²) in [5, 5.41) is 6.10. The molecule has 0 aliphatic rings. The number of rotatable bonds is 5. The topological polar surface area (TPSA) is 66.9 Å². The van der Waals surface area contributed by atoms with E-state index >= 15 is 0 Å². The maximum Gasteiger partial charge on any atom is 0.257 e. The van der Waals surface area contributed by atoms with Crippen LogP contribution in [0.4, 0.5) is 11.4 Å². The van der Waals surface area contributed by atoms with Gasteiger partial charge in [-0.3, -0.25) is 14.8 Å². The molecule has 0 bridgehead atoms. The number of halogens is 1. The van der Waals surface area contributed by atoms with Crippen molar-refractivity contribution >= 4 is 33.2 Å². The highest BCUT2D eigenvalue weighted by molar-refractivity contribution is 9.10. The third kappa shape index (κ3) is 4.39. The van der Waals surface area contributed by atoms with Crippen molar-refractivity contribution in [3.63, 3.8) is 0 Å². The van der Waals surface area contributed by atoms with Crippen LogP contribution < -0.4 is 10.6 Å². The maximum atomic E-state index is 12.3. The Kier molecular flexibility index (Phi) is 5.18. The number of nitrogens with one attached hydrogen (secondary N) is 2. The van der Waals surface area contributed by atoms with Gasteiger partial charge < -0.3 is 10.6 Å². The summed E-state index contributed by atoms with van der Waals surface area (Å²) < 4.78 is 0.962. The fraction of sp³-hybridized carbons (Fsp3) is 0.0556. The molecule has 5 nitrogen and oxygen atoms in total. The highest BCUT2D eigenvalue weighted by Gasteiger charge is 2.07. The number of amides is 1. The Morgan fingerprint density at radius 3 is 2.46 bits per heavy atom. The van der Waals surface area contributed by atoms with E-state index in [0.717, 1.165) is 21.4 Å². The standard InChI is InChI=1S/C18H15BrN4O/c19-15-1-3-16(4-2-15)23-18(24)14-9-17(12-21-11-14)22-10-13-5-7-20-8-6-13/h1-9,11-12,22H,10H2,(H,23,24). The first-order valence-corrected chi connectivity index (χ1v) is 8.15. The largest absolute Gasteiger partial charge is 0.380 e. The zero-order valence-electron chi connectivity index (χ0n) is 12.7. The molecular weight excluding hydrogens is 368 g/mol. The minimum atomic E-state index is -0.197. The number of benzene rings is 1. The number of hydrogen-bond donors (Lipinski definition) is 2. The fourth-order valence-corrected chi connectivity index (χ4v) is 2.37.